The molecule has 0 saturated carbocycles. The molecule has 3 aromatic rings. The van der Waals surface area contributed by atoms with Gasteiger partial charge in [0, 0.05) is 18.2 Å². The molecular formula is C22H21N3O4. The molecule has 29 heavy (non-hydrogen) atoms. The highest BCUT2D eigenvalue weighted by atomic mass is 16.5. The highest BCUT2D eigenvalue weighted by Gasteiger charge is 2.15. The zero-order valence-corrected chi connectivity index (χ0v) is 16.4. The lowest BCUT2D eigenvalue weighted by molar-refractivity contribution is -0.119. The number of aromatic nitrogens is 2. The number of ether oxygens (including phenoxy) is 1. The number of carbonyl (C=O) groups excluding carboxylic acids is 3. The van der Waals surface area contributed by atoms with Gasteiger partial charge in [-0.2, -0.15) is 5.10 Å². The summed E-state index contributed by atoms with van der Waals surface area (Å²) in [6, 6.07) is 15.0. The molecule has 0 unspecified atom stereocenters. The molecule has 1 aromatic heterocycles. The Hall–Kier alpha value is -3.74. The maximum atomic E-state index is 12.4. The van der Waals surface area contributed by atoms with Gasteiger partial charge in [-0.25, -0.2) is 4.79 Å². The first kappa shape index (κ1) is 20.0. The van der Waals surface area contributed by atoms with Gasteiger partial charge < -0.3 is 10.1 Å². The number of hydrogen-bond acceptors (Lipinski definition) is 5. The number of hydrogen-bond donors (Lipinski definition) is 1. The van der Waals surface area contributed by atoms with Crippen molar-refractivity contribution in [1.29, 1.82) is 0 Å². The van der Waals surface area contributed by atoms with Crippen molar-refractivity contribution in [1.82, 2.24) is 9.78 Å². The van der Waals surface area contributed by atoms with Gasteiger partial charge in [0.05, 0.1) is 22.6 Å². The third kappa shape index (κ3) is 4.57. The van der Waals surface area contributed by atoms with Crippen molar-refractivity contribution in [2.24, 2.45) is 7.05 Å². The number of benzene rings is 2. The van der Waals surface area contributed by atoms with Crippen molar-refractivity contribution < 1.29 is 19.1 Å². The molecule has 0 atom stereocenters. The predicted octanol–water partition coefficient (Wildman–Crippen LogP) is 3.06. The van der Waals surface area contributed by atoms with E-state index >= 15 is 0 Å². The Morgan fingerprint density at radius 3 is 2.10 bits per heavy atom. The third-order valence-electron chi connectivity index (χ3n) is 4.53. The van der Waals surface area contributed by atoms with Crippen molar-refractivity contribution in [2.75, 3.05) is 11.9 Å². The maximum absolute atomic E-state index is 12.4. The first-order valence-corrected chi connectivity index (χ1v) is 9.04. The summed E-state index contributed by atoms with van der Waals surface area (Å²) in [5, 5.41) is 6.92. The molecule has 0 aliphatic heterocycles. The quantitative estimate of drug-likeness (QED) is 0.515. The van der Waals surface area contributed by atoms with Gasteiger partial charge in [-0.05, 0) is 26.0 Å². The van der Waals surface area contributed by atoms with Gasteiger partial charge in [0.2, 0.25) is 0 Å². The molecule has 2 aromatic carbocycles. The molecule has 1 N–H and O–H groups in total. The number of amides is 1. The minimum Gasteiger partial charge on any atom is -0.452 e. The summed E-state index contributed by atoms with van der Waals surface area (Å²) in [5.74, 6) is -1.22. The largest absolute Gasteiger partial charge is 0.452 e. The first-order chi connectivity index (χ1) is 13.9. The second-order valence-corrected chi connectivity index (χ2v) is 6.57. The molecule has 7 nitrogen and oxygen atoms in total. The summed E-state index contributed by atoms with van der Waals surface area (Å²) in [6.45, 7) is 3.20. The lowest BCUT2D eigenvalue weighted by Crippen LogP contribution is -2.21. The van der Waals surface area contributed by atoms with Crippen LogP contribution in [0.3, 0.4) is 0 Å². The minimum atomic E-state index is -0.640. The van der Waals surface area contributed by atoms with E-state index in [9.17, 15) is 14.4 Å². The molecule has 3 rings (SSSR count). The highest BCUT2D eigenvalue weighted by molar-refractivity contribution is 6.09. The van der Waals surface area contributed by atoms with Crippen LogP contribution >= 0.6 is 0 Å². The monoisotopic (exact) mass is 391 g/mol. The number of carbonyl (C=O) groups is 3. The number of nitrogens with zero attached hydrogens (tertiary/aromatic N) is 2. The number of ketones is 1. The van der Waals surface area contributed by atoms with E-state index < -0.39 is 18.5 Å². The van der Waals surface area contributed by atoms with Crippen molar-refractivity contribution in [2.45, 2.75) is 13.8 Å². The maximum Gasteiger partial charge on any atom is 0.338 e. The van der Waals surface area contributed by atoms with Gasteiger partial charge in [-0.1, -0.05) is 42.5 Å². The summed E-state index contributed by atoms with van der Waals surface area (Å²) in [6.07, 6.45) is 0. The van der Waals surface area contributed by atoms with Crippen LogP contribution in [-0.2, 0) is 16.6 Å². The fourth-order valence-electron chi connectivity index (χ4n) is 2.86. The molecular weight excluding hydrogens is 370 g/mol. The molecule has 0 aliphatic carbocycles. The van der Waals surface area contributed by atoms with Crippen molar-refractivity contribution >= 4 is 23.3 Å². The molecule has 0 aliphatic rings. The van der Waals surface area contributed by atoms with E-state index in [-0.39, 0.29) is 11.3 Å². The van der Waals surface area contributed by atoms with Crippen LogP contribution in [0.25, 0.3) is 0 Å². The molecule has 7 heteroatoms. The van der Waals surface area contributed by atoms with Crippen LogP contribution in [0.15, 0.2) is 54.6 Å². The lowest BCUT2D eigenvalue weighted by atomic mass is 10.0. The summed E-state index contributed by atoms with van der Waals surface area (Å²) in [5.41, 5.74) is 3.39. The van der Waals surface area contributed by atoms with Crippen molar-refractivity contribution in [3.63, 3.8) is 0 Å². The molecule has 0 fully saturated rings. The Morgan fingerprint density at radius 2 is 1.52 bits per heavy atom. The number of rotatable bonds is 6. The molecule has 0 bridgehead atoms. The smallest absolute Gasteiger partial charge is 0.338 e. The van der Waals surface area contributed by atoms with E-state index in [0.717, 1.165) is 5.69 Å². The molecule has 0 radical (unpaired) electrons. The lowest BCUT2D eigenvalue weighted by Gasteiger charge is -2.07. The second kappa shape index (κ2) is 8.52. The summed E-state index contributed by atoms with van der Waals surface area (Å²) in [7, 11) is 1.78. The van der Waals surface area contributed by atoms with Crippen LogP contribution in [0.4, 0.5) is 5.69 Å². The molecule has 1 amide bonds. The Balaban J connectivity index is 1.58. The number of anilines is 1. The summed E-state index contributed by atoms with van der Waals surface area (Å²) < 4.78 is 6.73. The number of aryl methyl sites for hydroxylation is 2. The van der Waals surface area contributed by atoms with Crippen molar-refractivity contribution in [3.8, 4) is 0 Å². The van der Waals surface area contributed by atoms with Gasteiger partial charge in [0.25, 0.3) is 5.91 Å². The number of nitrogens with one attached hydrogen (secondary N) is 1. The minimum absolute atomic E-state index is 0.132. The molecule has 1 heterocycles. The molecule has 148 valence electrons. The highest BCUT2D eigenvalue weighted by Crippen LogP contribution is 2.18. The Bertz CT molecular complexity index is 1050. The van der Waals surface area contributed by atoms with Crippen LogP contribution in [0.5, 0.6) is 0 Å². The van der Waals surface area contributed by atoms with Crippen molar-refractivity contribution in [3.05, 3.63) is 82.7 Å². The first-order valence-electron chi connectivity index (χ1n) is 9.04. The number of esters is 1. The molecule has 0 saturated heterocycles. The predicted molar refractivity (Wildman–Crippen MR) is 108 cm³/mol. The third-order valence-corrected chi connectivity index (χ3v) is 4.53. The van der Waals surface area contributed by atoms with Gasteiger partial charge in [-0.3, -0.25) is 14.3 Å². The van der Waals surface area contributed by atoms with E-state index in [2.05, 4.69) is 10.4 Å². The average Bonchev–Trinajstić information content (AvgIpc) is 2.98. The fourth-order valence-corrected chi connectivity index (χ4v) is 2.86. The van der Waals surface area contributed by atoms with Gasteiger partial charge in [0.15, 0.2) is 12.4 Å². The zero-order valence-electron chi connectivity index (χ0n) is 16.4. The van der Waals surface area contributed by atoms with Gasteiger partial charge in [-0.15, -0.1) is 0 Å². The van der Waals surface area contributed by atoms with E-state index in [1.165, 1.54) is 12.1 Å². The fraction of sp³-hybridized carbons (Fsp3) is 0.182. The van der Waals surface area contributed by atoms with Crippen LogP contribution in [0.2, 0.25) is 0 Å². The van der Waals surface area contributed by atoms with Crippen LogP contribution in [0, 0.1) is 13.8 Å². The van der Waals surface area contributed by atoms with Crippen LogP contribution < -0.4 is 5.32 Å². The SMILES string of the molecule is Cc1nn(C)c(C)c1NC(=O)COC(=O)c1ccc(C(=O)c2ccccc2)cc1. The summed E-state index contributed by atoms with van der Waals surface area (Å²) >= 11 is 0. The van der Waals surface area contributed by atoms with Gasteiger partial charge >= 0.3 is 5.97 Å². The normalized spacial score (nSPS) is 10.4. The second-order valence-electron chi connectivity index (χ2n) is 6.57. The Labute approximate surface area is 168 Å². The van der Waals surface area contributed by atoms with E-state index in [4.69, 9.17) is 4.74 Å². The zero-order chi connectivity index (χ0) is 21.0. The molecule has 0 spiro atoms. The summed E-state index contributed by atoms with van der Waals surface area (Å²) in [4.78, 5) is 36.7. The Morgan fingerprint density at radius 1 is 0.931 bits per heavy atom. The van der Waals surface area contributed by atoms with E-state index in [0.29, 0.717) is 22.5 Å². The average molecular weight is 391 g/mol. The van der Waals surface area contributed by atoms with Crippen LogP contribution in [0.1, 0.15) is 37.7 Å². The van der Waals surface area contributed by atoms with Crippen LogP contribution in [-0.4, -0.2) is 34.0 Å². The standard InChI is InChI=1S/C22H21N3O4/c1-14-20(15(2)25(3)24-14)23-19(26)13-29-22(28)18-11-9-17(10-12-18)21(27)16-7-5-4-6-8-16/h4-12H,13H2,1-3H3,(H,23,26). The topological polar surface area (TPSA) is 90.3 Å². The van der Waals surface area contributed by atoms with E-state index in [1.54, 1.807) is 55.1 Å². The Kier molecular flexibility index (Phi) is 5.87. The van der Waals surface area contributed by atoms with E-state index in [1.807, 2.05) is 13.0 Å². The van der Waals surface area contributed by atoms with Gasteiger partial charge in [0.1, 0.15) is 0 Å².